The summed E-state index contributed by atoms with van der Waals surface area (Å²) in [6.07, 6.45) is 2.34. The first-order valence-corrected chi connectivity index (χ1v) is 6.13. The molecule has 1 fully saturated rings. The maximum atomic E-state index is 12.2. The van der Waals surface area contributed by atoms with Crippen LogP contribution in [-0.4, -0.2) is 50.6 Å². The zero-order valence-electron chi connectivity index (χ0n) is 10.3. The molecule has 0 unspecified atom stereocenters. The molecule has 0 saturated carbocycles. The molecule has 4 rings (SSSR count). The van der Waals surface area contributed by atoms with Crippen LogP contribution in [0.4, 0.5) is 16.2 Å². The molecule has 102 valence electrons. The number of hydrogen-bond acceptors (Lipinski definition) is 4. The van der Waals surface area contributed by atoms with Crippen molar-refractivity contribution < 1.29 is 14.7 Å². The summed E-state index contributed by atoms with van der Waals surface area (Å²) >= 11 is 0. The van der Waals surface area contributed by atoms with Gasteiger partial charge in [0, 0.05) is 11.6 Å². The van der Waals surface area contributed by atoms with Gasteiger partial charge in [0.15, 0.2) is 5.54 Å². The number of anilines is 2. The molecule has 2 aromatic heterocycles. The minimum Gasteiger partial charge on any atom is -0.465 e. The van der Waals surface area contributed by atoms with Crippen LogP contribution < -0.4 is 10.6 Å². The van der Waals surface area contributed by atoms with Gasteiger partial charge < -0.3 is 25.6 Å². The van der Waals surface area contributed by atoms with Gasteiger partial charge in [0.05, 0.1) is 30.7 Å². The first kappa shape index (κ1) is 11.1. The van der Waals surface area contributed by atoms with E-state index in [-0.39, 0.29) is 19.0 Å². The molecule has 0 aliphatic carbocycles. The van der Waals surface area contributed by atoms with Gasteiger partial charge >= 0.3 is 6.09 Å². The lowest BCUT2D eigenvalue weighted by Gasteiger charge is -2.50. The molecule has 0 aromatic carbocycles. The van der Waals surface area contributed by atoms with E-state index in [1.54, 1.807) is 12.4 Å². The smallest absolute Gasteiger partial charge is 0.407 e. The first-order chi connectivity index (χ1) is 9.59. The van der Waals surface area contributed by atoms with E-state index < -0.39 is 11.6 Å². The number of nitrogens with one attached hydrogen (secondary N) is 3. The quantitative estimate of drug-likeness (QED) is 0.563. The Bertz CT molecular complexity index is 747. The fourth-order valence-electron chi connectivity index (χ4n) is 2.74. The van der Waals surface area contributed by atoms with E-state index in [0.29, 0.717) is 5.69 Å². The number of carbonyl (C=O) groups excluding carboxylic acids is 1. The summed E-state index contributed by atoms with van der Waals surface area (Å²) in [6.45, 7) is 0.281. The summed E-state index contributed by atoms with van der Waals surface area (Å²) in [6, 6.07) is 1.87. The lowest BCUT2D eigenvalue weighted by Crippen LogP contribution is -2.73. The van der Waals surface area contributed by atoms with Gasteiger partial charge in [-0.15, -0.1) is 0 Å². The Balaban J connectivity index is 1.76. The molecule has 8 nitrogen and oxygen atoms in total. The fraction of sp³-hybridized carbons (Fsp3) is 0.250. The lowest BCUT2D eigenvalue weighted by atomic mass is 9.86. The Hall–Kier alpha value is -2.77. The maximum absolute atomic E-state index is 12.2. The van der Waals surface area contributed by atoms with Crippen molar-refractivity contribution in [1.29, 1.82) is 0 Å². The SMILES string of the molecule is O=C(O)N1CC2(C1)Nc1c(cnc3[nH]ccc13)NC2=O. The Labute approximate surface area is 112 Å². The van der Waals surface area contributed by atoms with Crippen molar-refractivity contribution in [2.75, 3.05) is 23.7 Å². The van der Waals surface area contributed by atoms with Crippen molar-refractivity contribution in [3.63, 3.8) is 0 Å². The molecular formula is C12H11N5O3. The molecule has 8 heteroatoms. The molecule has 4 heterocycles. The van der Waals surface area contributed by atoms with E-state index in [4.69, 9.17) is 5.11 Å². The Kier molecular flexibility index (Phi) is 1.89. The standard InChI is InChI=1S/C12H11N5O3/c18-10-12(4-17(5-12)11(19)20)16-8-6-1-2-13-9(6)14-3-7(8)15-10/h1-3,16H,4-5H2,(H,13,14)(H,15,18)(H,19,20). The summed E-state index contributed by atoms with van der Waals surface area (Å²) in [5.41, 5.74) is 1.23. The normalized spacial score (nSPS) is 19.2. The number of amides is 2. The predicted molar refractivity (Wildman–Crippen MR) is 70.7 cm³/mol. The largest absolute Gasteiger partial charge is 0.465 e. The third kappa shape index (κ3) is 1.27. The second kappa shape index (κ2) is 3.41. The van der Waals surface area contributed by atoms with Crippen LogP contribution in [0.1, 0.15) is 0 Å². The van der Waals surface area contributed by atoms with Crippen molar-refractivity contribution in [3.8, 4) is 0 Å². The van der Waals surface area contributed by atoms with Crippen LogP contribution in [0.5, 0.6) is 0 Å². The molecule has 0 bridgehead atoms. The topological polar surface area (TPSA) is 110 Å². The monoisotopic (exact) mass is 273 g/mol. The van der Waals surface area contributed by atoms with Gasteiger partial charge in [-0.3, -0.25) is 4.79 Å². The van der Waals surface area contributed by atoms with Crippen LogP contribution in [0.15, 0.2) is 18.5 Å². The maximum Gasteiger partial charge on any atom is 0.407 e. The Morgan fingerprint density at radius 1 is 1.45 bits per heavy atom. The molecule has 2 aromatic rings. The highest BCUT2D eigenvalue weighted by atomic mass is 16.4. The van der Waals surface area contributed by atoms with E-state index in [1.165, 1.54) is 4.90 Å². The number of aromatic nitrogens is 2. The molecule has 1 saturated heterocycles. The molecular weight excluding hydrogens is 262 g/mol. The highest BCUT2D eigenvalue weighted by Crippen LogP contribution is 2.39. The van der Waals surface area contributed by atoms with Gasteiger partial charge in [0.25, 0.3) is 5.91 Å². The van der Waals surface area contributed by atoms with E-state index >= 15 is 0 Å². The van der Waals surface area contributed by atoms with Crippen molar-refractivity contribution in [3.05, 3.63) is 18.5 Å². The summed E-state index contributed by atoms with van der Waals surface area (Å²) < 4.78 is 0. The van der Waals surface area contributed by atoms with Gasteiger partial charge in [-0.05, 0) is 6.07 Å². The van der Waals surface area contributed by atoms with E-state index in [2.05, 4.69) is 20.6 Å². The van der Waals surface area contributed by atoms with Crippen LogP contribution in [0.25, 0.3) is 11.0 Å². The number of carbonyl (C=O) groups is 2. The third-order valence-corrected chi connectivity index (χ3v) is 3.83. The van der Waals surface area contributed by atoms with Crippen molar-refractivity contribution in [2.45, 2.75) is 5.54 Å². The van der Waals surface area contributed by atoms with Crippen molar-refractivity contribution in [2.24, 2.45) is 0 Å². The minimum absolute atomic E-state index is 0.141. The summed E-state index contributed by atoms with van der Waals surface area (Å²) in [7, 11) is 0. The summed E-state index contributed by atoms with van der Waals surface area (Å²) in [5.74, 6) is -0.223. The van der Waals surface area contributed by atoms with Gasteiger partial charge in [-0.1, -0.05) is 0 Å². The van der Waals surface area contributed by atoms with Crippen molar-refractivity contribution >= 4 is 34.4 Å². The number of hydrogen-bond donors (Lipinski definition) is 4. The van der Waals surface area contributed by atoms with Crippen LogP contribution in [-0.2, 0) is 4.79 Å². The minimum atomic E-state index is -1.02. The fourth-order valence-corrected chi connectivity index (χ4v) is 2.74. The molecule has 1 spiro atoms. The van der Waals surface area contributed by atoms with Gasteiger partial charge in [0.2, 0.25) is 0 Å². The molecule has 2 amide bonds. The lowest BCUT2D eigenvalue weighted by molar-refractivity contribution is -0.125. The number of pyridine rings is 1. The highest BCUT2D eigenvalue weighted by Gasteiger charge is 2.53. The number of nitrogens with zero attached hydrogens (tertiary/aromatic N) is 2. The average Bonchev–Trinajstić information content (AvgIpc) is 2.83. The highest BCUT2D eigenvalue weighted by molar-refractivity contribution is 6.12. The van der Waals surface area contributed by atoms with Gasteiger partial charge in [0.1, 0.15) is 5.65 Å². The number of fused-ring (bicyclic) bond motifs is 3. The summed E-state index contributed by atoms with van der Waals surface area (Å²) in [4.78, 5) is 31.5. The van der Waals surface area contributed by atoms with Crippen LogP contribution in [0, 0.1) is 0 Å². The zero-order chi connectivity index (χ0) is 13.9. The number of H-pyrrole nitrogens is 1. The van der Waals surface area contributed by atoms with E-state index in [0.717, 1.165) is 16.7 Å². The second-order valence-electron chi connectivity index (χ2n) is 5.09. The van der Waals surface area contributed by atoms with Crippen LogP contribution in [0.3, 0.4) is 0 Å². The molecule has 2 aliphatic heterocycles. The van der Waals surface area contributed by atoms with Gasteiger partial charge in [-0.25, -0.2) is 9.78 Å². The predicted octanol–water partition coefficient (Wildman–Crippen LogP) is 0.659. The number of likely N-dealkylation sites (tertiary alicyclic amines) is 1. The summed E-state index contributed by atoms with van der Waals surface area (Å²) in [5, 5.41) is 15.8. The molecule has 20 heavy (non-hydrogen) atoms. The van der Waals surface area contributed by atoms with Crippen LogP contribution in [0.2, 0.25) is 0 Å². The number of carboxylic acid groups (broad SMARTS) is 1. The molecule has 2 aliphatic rings. The van der Waals surface area contributed by atoms with Crippen molar-refractivity contribution in [1.82, 2.24) is 14.9 Å². The van der Waals surface area contributed by atoms with E-state index in [9.17, 15) is 9.59 Å². The molecule has 0 radical (unpaired) electrons. The Morgan fingerprint density at radius 3 is 3.00 bits per heavy atom. The number of aromatic amines is 1. The zero-order valence-corrected chi connectivity index (χ0v) is 10.3. The molecule has 0 atom stereocenters. The third-order valence-electron chi connectivity index (χ3n) is 3.83. The van der Waals surface area contributed by atoms with Crippen LogP contribution >= 0.6 is 0 Å². The molecule has 4 N–H and O–H groups in total. The average molecular weight is 273 g/mol. The number of rotatable bonds is 0. The first-order valence-electron chi connectivity index (χ1n) is 6.13. The van der Waals surface area contributed by atoms with E-state index in [1.807, 2.05) is 6.07 Å². The second-order valence-corrected chi connectivity index (χ2v) is 5.09. The van der Waals surface area contributed by atoms with Gasteiger partial charge in [-0.2, -0.15) is 0 Å². The Morgan fingerprint density at radius 2 is 2.25 bits per heavy atom.